The lowest BCUT2D eigenvalue weighted by Gasteiger charge is -2.23. The monoisotopic (exact) mass is 396 g/mol. The Labute approximate surface area is 171 Å². The molecule has 2 amide bonds. The van der Waals surface area contributed by atoms with Crippen molar-refractivity contribution in [3.05, 3.63) is 59.5 Å². The van der Waals surface area contributed by atoms with Crippen LogP contribution in [0.5, 0.6) is 0 Å². The largest absolute Gasteiger partial charge is 0.467 e. The molecule has 1 aliphatic heterocycles. The Balaban J connectivity index is 1.74. The standard InChI is InChI=1S/C22H28N4O3/c1-15(2)23-21(27)13-25(4)14-22(28)26-19(20-6-5-11-29-20)12-18(24-26)17-9-7-16(3)8-10-17/h5-11,15,19H,12-14H2,1-4H3,(H,23,27). The molecule has 7 heteroatoms. The summed E-state index contributed by atoms with van der Waals surface area (Å²) in [5.41, 5.74) is 3.01. The lowest BCUT2D eigenvalue weighted by molar-refractivity contribution is -0.134. The molecule has 1 aromatic carbocycles. The number of benzene rings is 1. The molecular formula is C22H28N4O3. The number of rotatable bonds is 7. The van der Waals surface area contributed by atoms with E-state index in [9.17, 15) is 9.59 Å². The number of hydrogen-bond acceptors (Lipinski definition) is 5. The summed E-state index contributed by atoms with van der Waals surface area (Å²) in [7, 11) is 1.75. The van der Waals surface area contributed by atoms with Gasteiger partial charge in [-0.05, 0) is 45.5 Å². The maximum Gasteiger partial charge on any atom is 0.257 e. The van der Waals surface area contributed by atoms with E-state index in [1.54, 1.807) is 18.2 Å². The molecule has 29 heavy (non-hydrogen) atoms. The van der Waals surface area contributed by atoms with Gasteiger partial charge >= 0.3 is 0 Å². The highest BCUT2D eigenvalue weighted by atomic mass is 16.3. The number of likely N-dealkylation sites (N-methyl/N-ethyl adjacent to an activating group) is 1. The Hall–Kier alpha value is -2.93. The molecule has 0 bridgehead atoms. The molecule has 1 aromatic heterocycles. The van der Waals surface area contributed by atoms with E-state index in [-0.39, 0.29) is 37.0 Å². The van der Waals surface area contributed by atoms with Crippen LogP contribution in [-0.4, -0.2) is 53.6 Å². The summed E-state index contributed by atoms with van der Waals surface area (Å²) in [6.45, 7) is 6.09. The molecule has 0 fully saturated rings. The Morgan fingerprint density at radius 2 is 1.97 bits per heavy atom. The minimum absolute atomic E-state index is 0.0650. The van der Waals surface area contributed by atoms with Gasteiger partial charge < -0.3 is 9.73 Å². The second kappa shape index (κ2) is 9.05. The summed E-state index contributed by atoms with van der Waals surface area (Å²) in [6, 6.07) is 11.6. The highest BCUT2D eigenvalue weighted by Gasteiger charge is 2.35. The molecule has 1 atom stereocenters. The van der Waals surface area contributed by atoms with Crippen LogP contribution in [0.25, 0.3) is 0 Å². The minimum atomic E-state index is -0.285. The fourth-order valence-electron chi connectivity index (χ4n) is 3.34. The third-order valence-corrected chi connectivity index (χ3v) is 4.69. The molecule has 154 valence electrons. The third kappa shape index (κ3) is 5.32. The van der Waals surface area contributed by atoms with Crippen molar-refractivity contribution in [2.24, 2.45) is 5.10 Å². The fourth-order valence-corrected chi connectivity index (χ4v) is 3.34. The molecule has 0 radical (unpaired) electrons. The molecule has 1 N–H and O–H groups in total. The zero-order valence-electron chi connectivity index (χ0n) is 17.4. The van der Waals surface area contributed by atoms with E-state index in [1.807, 2.05) is 57.2 Å². The van der Waals surface area contributed by atoms with Crippen LogP contribution in [0.3, 0.4) is 0 Å². The smallest absolute Gasteiger partial charge is 0.257 e. The van der Waals surface area contributed by atoms with Crippen LogP contribution in [-0.2, 0) is 9.59 Å². The number of aryl methyl sites for hydroxylation is 1. The second-order valence-corrected chi connectivity index (χ2v) is 7.78. The number of furan rings is 1. The fraction of sp³-hybridized carbons (Fsp3) is 0.409. The molecule has 0 saturated carbocycles. The lowest BCUT2D eigenvalue weighted by Crippen LogP contribution is -2.42. The molecule has 2 heterocycles. The average molecular weight is 396 g/mol. The summed E-state index contributed by atoms with van der Waals surface area (Å²) < 4.78 is 5.57. The third-order valence-electron chi connectivity index (χ3n) is 4.69. The maximum absolute atomic E-state index is 13.0. The SMILES string of the molecule is Cc1ccc(C2=NN(C(=O)CN(C)CC(=O)NC(C)C)C(c3ccco3)C2)cc1. The number of nitrogens with one attached hydrogen (secondary N) is 1. The van der Waals surface area contributed by atoms with Gasteiger partial charge in [0.25, 0.3) is 5.91 Å². The first-order valence-corrected chi connectivity index (χ1v) is 9.81. The van der Waals surface area contributed by atoms with Crippen molar-refractivity contribution in [1.29, 1.82) is 0 Å². The Kier molecular flexibility index (Phi) is 6.49. The zero-order chi connectivity index (χ0) is 21.0. The number of hydrogen-bond donors (Lipinski definition) is 1. The first-order valence-electron chi connectivity index (χ1n) is 9.81. The minimum Gasteiger partial charge on any atom is -0.467 e. The van der Waals surface area contributed by atoms with E-state index < -0.39 is 0 Å². The van der Waals surface area contributed by atoms with E-state index in [4.69, 9.17) is 4.42 Å². The van der Waals surface area contributed by atoms with E-state index >= 15 is 0 Å². The van der Waals surface area contributed by atoms with Crippen molar-refractivity contribution in [3.63, 3.8) is 0 Å². The van der Waals surface area contributed by atoms with Crippen LogP contribution in [0.4, 0.5) is 0 Å². The number of carbonyl (C=O) groups excluding carboxylic acids is 2. The van der Waals surface area contributed by atoms with Crippen molar-refractivity contribution < 1.29 is 14.0 Å². The van der Waals surface area contributed by atoms with Gasteiger partial charge in [0, 0.05) is 12.5 Å². The van der Waals surface area contributed by atoms with Crippen molar-refractivity contribution in [2.75, 3.05) is 20.1 Å². The Morgan fingerprint density at radius 1 is 1.24 bits per heavy atom. The molecule has 0 saturated heterocycles. The van der Waals surface area contributed by atoms with Crippen molar-refractivity contribution in [2.45, 2.75) is 39.3 Å². The maximum atomic E-state index is 13.0. The first kappa shape index (κ1) is 20.8. The predicted octanol–water partition coefficient (Wildman–Crippen LogP) is 2.72. The first-order chi connectivity index (χ1) is 13.8. The van der Waals surface area contributed by atoms with Gasteiger partial charge in [-0.3, -0.25) is 14.5 Å². The molecule has 0 spiro atoms. The van der Waals surface area contributed by atoms with Crippen molar-refractivity contribution >= 4 is 17.5 Å². The number of amides is 2. The lowest BCUT2D eigenvalue weighted by atomic mass is 10.0. The summed E-state index contributed by atoms with van der Waals surface area (Å²) in [4.78, 5) is 26.7. The molecule has 0 aliphatic carbocycles. The number of carbonyl (C=O) groups is 2. The molecule has 1 aliphatic rings. The molecule has 3 rings (SSSR count). The van der Waals surface area contributed by atoms with Gasteiger partial charge in [0.05, 0.1) is 25.1 Å². The number of nitrogens with zero attached hydrogens (tertiary/aromatic N) is 3. The average Bonchev–Trinajstić information content (AvgIpc) is 3.31. The van der Waals surface area contributed by atoms with Crippen LogP contribution in [0.15, 0.2) is 52.2 Å². The summed E-state index contributed by atoms with van der Waals surface area (Å²) in [5, 5.41) is 8.94. The van der Waals surface area contributed by atoms with Crippen molar-refractivity contribution in [1.82, 2.24) is 15.2 Å². The van der Waals surface area contributed by atoms with E-state index in [0.717, 1.165) is 11.3 Å². The number of hydrazone groups is 1. The van der Waals surface area contributed by atoms with Crippen LogP contribution >= 0.6 is 0 Å². The molecule has 7 nitrogen and oxygen atoms in total. The van der Waals surface area contributed by atoms with Crippen LogP contribution in [0, 0.1) is 6.92 Å². The summed E-state index contributed by atoms with van der Waals surface area (Å²) >= 11 is 0. The second-order valence-electron chi connectivity index (χ2n) is 7.78. The van der Waals surface area contributed by atoms with Gasteiger partial charge in [0.1, 0.15) is 11.8 Å². The van der Waals surface area contributed by atoms with Crippen LogP contribution in [0.1, 0.15) is 43.2 Å². The quantitative estimate of drug-likeness (QED) is 0.781. The Morgan fingerprint density at radius 3 is 2.59 bits per heavy atom. The summed E-state index contributed by atoms with van der Waals surface area (Å²) in [6.07, 6.45) is 2.18. The predicted molar refractivity (Wildman–Crippen MR) is 111 cm³/mol. The molecule has 1 unspecified atom stereocenters. The highest BCUT2D eigenvalue weighted by molar-refractivity contribution is 6.03. The Bertz CT molecular complexity index is 872. The topological polar surface area (TPSA) is 78.2 Å². The van der Waals surface area contributed by atoms with Crippen LogP contribution in [0.2, 0.25) is 0 Å². The van der Waals surface area contributed by atoms with E-state index in [2.05, 4.69) is 10.4 Å². The van der Waals surface area contributed by atoms with Gasteiger partial charge in [-0.1, -0.05) is 29.8 Å². The van der Waals surface area contributed by atoms with Gasteiger partial charge in [-0.2, -0.15) is 5.10 Å². The van der Waals surface area contributed by atoms with E-state index in [0.29, 0.717) is 12.2 Å². The normalized spacial score (nSPS) is 16.4. The van der Waals surface area contributed by atoms with Gasteiger partial charge in [-0.25, -0.2) is 5.01 Å². The zero-order valence-corrected chi connectivity index (χ0v) is 17.4. The van der Waals surface area contributed by atoms with Crippen LogP contribution < -0.4 is 5.32 Å². The summed E-state index contributed by atoms with van der Waals surface area (Å²) in [5.74, 6) is 0.418. The van der Waals surface area contributed by atoms with E-state index in [1.165, 1.54) is 10.6 Å². The van der Waals surface area contributed by atoms with Gasteiger partial charge in [-0.15, -0.1) is 0 Å². The molecular weight excluding hydrogens is 368 g/mol. The molecule has 2 aromatic rings. The highest BCUT2D eigenvalue weighted by Crippen LogP contribution is 2.33. The van der Waals surface area contributed by atoms with Gasteiger partial charge in [0.15, 0.2) is 0 Å². The van der Waals surface area contributed by atoms with Gasteiger partial charge in [0.2, 0.25) is 5.91 Å². The van der Waals surface area contributed by atoms with Crippen molar-refractivity contribution in [3.8, 4) is 0 Å².